The van der Waals surface area contributed by atoms with Crippen molar-refractivity contribution in [1.82, 2.24) is 9.78 Å². The van der Waals surface area contributed by atoms with Crippen LogP contribution in [0.3, 0.4) is 0 Å². The molecule has 1 aromatic carbocycles. The maximum Gasteiger partial charge on any atom is 0.356 e. The van der Waals surface area contributed by atoms with E-state index in [2.05, 4.69) is 10.4 Å². The van der Waals surface area contributed by atoms with E-state index in [1.807, 2.05) is 6.07 Å². The van der Waals surface area contributed by atoms with Crippen LogP contribution in [0, 0.1) is 0 Å². The number of benzene rings is 1. The number of carboxylic acids is 1. The Hall–Kier alpha value is -1.92. The lowest BCUT2D eigenvalue weighted by Gasteiger charge is -2.08. The van der Waals surface area contributed by atoms with Crippen molar-refractivity contribution in [3.8, 4) is 0 Å². The van der Waals surface area contributed by atoms with E-state index in [0.717, 1.165) is 0 Å². The molecule has 0 unspecified atom stereocenters. The number of aromatic carboxylic acids is 1. The van der Waals surface area contributed by atoms with Gasteiger partial charge in [0.05, 0.1) is 10.7 Å². The van der Waals surface area contributed by atoms with Gasteiger partial charge in [-0.1, -0.05) is 23.7 Å². The third kappa shape index (κ3) is 2.66. The number of halogens is 1. The molecule has 0 saturated heterocycles. The van der Waals surface area contributed by atoms with Gasteiger partial charge in [-0.15, -0.1) is 0 Å². The van der Waals surface area contributed by atoms with Gasteiger partial charge in [-0.05, 0) is 30.4 Å². The molecule has 2 rings (SSSR count). The number of hydrogen-bond acceptors (Lipinski definition) is 3. The second-order valence-electron chi connectivity index (χ2n) is 3.36. The number of para-hydroxylation sites is 1. The van der Waals surface area contributed by atoms with Crippen LogP contribution in [0.4, 0.5) is 5.69 Å². The molecule has 7 heteroatoms. The maximum absolute atomic E-state index is 10.7. The SMILES string of the molecule is O=C(O)c1ccn(C(=S)Nc2ccccc2Cl)n1. The number of aromatic nitrogens is 2. The molecule has 0 amide bonds. The summed E-state index contributed by atoms with van der Waals surface area (Å²) in [6.07, 6.45) is 1.47. The van der Waals surface area contributed by atoms with Crippen molar-refractivity contribution in [2.45, 2.75) is 0 Å². The molecule has 1 heterocycles. The molecule has 0 aliphatic rings. The lowest BCUT2D eigenvalue weighted by molar-refractivity contribution is 0.0690. The van der Waals surface area contributed by atoms with Crippen LogP contribution in [-0.4, -0.2) is 26.0 Å². The lowest BCUT2D eigenvalue weighted by atomic mass is 10.3. The molecule has 0 fully saturated rings. The molecule has 0 aliphatic heterocycles. The second kappa shape index (κ2) is 5.16. The van der Waals surface area contributed by atoms with Gasteiger partial charge in [0.1, 0.15) is 0 Å². The van der Waals surface area contributed by atoms with E-state index in [1.54, 1.807) is 18.2 Å². The molecule has 0 aliphatic carbocycles. The zero-order chi connectivity index (χ0) is 13.1. The quantitative estimate of drug-likeness (QED) is 0.828. The first kappa shape index (κ1) is 12.5. The summed E-state index contributed by atoms with van der Waals surface area (Å²) in [6.45, 7) is 0. The van der Waals surface area contributed by atoms with E-state index >= 15 is 0 Å². The molecular weight excluding hydrogens is 274 g/mol. The van der Waals surface area contributed by atoms with Crippen LogP contribution in [0.5, 0.6) is 0 Å². The summed E-state index contributed by atoms with van der Waals surface area (Å²) in [5, 5.41) is 16.2. The molecule has 0 spiro atoms. The Kier molecular flexibility index (Phi) is 3.59. The fourth-order valence-corrected chi connectivity index (χ4v) is 1.68. The maximum atomic E-state index is 10.7. The highest BCUT2D eigenvalue weighted by Gasteiger charge is 2.09. The zero-order valence-electron chi connectivity index (χ0n) is 9.00. The molecule has 1 aromatic heterocycles. The Morgan fingerprint density at radius 1 is 1.39 bits per heavy atom. The molecule has 2 N–H and O–H groups in total. The minimum Gasteiger partial charge on any atom is -0.476 e. The first-order valence-electron chi connectivity index (χ1n) is 4.93. The molecule has 2 aromatic rings. The lowest BCUT2D eigenvalue weighted by Crippen LogP contribution is -2.20. The van der Waals surface area contributed by atoms with Crippen LogP contribution >= 0.6 is 23.8 Å². The highest BCUT2D eigenvalue weighted by Crippen LogP contribution is 2.20. The zero-order valence-corrected chi connectivity index (χ0v) is 10.6. The number of anilines is 1. The molecule has 92 valence electrons. The molecule has 0 saturated carbocycles. The Balaban J connectivity index is 2.17. The van der Waals surface area contributed by atoms with Crippen LogP contribution in [0.15, 0.2) is 36.5 Å². The topological polar surface area (TPSA) is 67.2 Å². The Morgan fingerprint density at radius 3 is 2.72 bits per heavy atom. The van der Waals surface area contributed by atoms with E-state index in [-0.39, 0.29) is 10.8 Å². The van der Waals surface area contributed by atoms with Gasteiger partial charge < -0.3 is 10.4 Å². The third-order valence-corrected chi connectivity index (χ3v) is 2.75. The monoisotopic (exact) mass is 281 g/mol. The van der Waals surface area contributed by atoms with Gasteiger partial charge in [0.2, 0.25) is 0 Å². The highest BCUT2D eigenvalue weighted by atomic mass is 35.5. The summed E-state index contributed by atoms with van der Waals surface area (Å²) in [7, 11) is 0. The summed E-state index contributed by atoms with van der Waals surface area (Å²) in [4.78, 5) is 10.7. The Labute approximate surface area is 113 Å². The van der Waals surface area contributed by atoms with E-state index in [4.69, 9.17) is 28.9 Å². The molecule has 0 radical (unpaired) electrons. The summed E-state index contributed by atoms with van der Waals surface area (Å²) >= 11 is 11.1. The molecule has 0 atom stereocenters. The number of nitrogens with one attached hydrogen (secondary N) is 1. The van der Waals surface area contributed by atoms with Crippen molar-refractivity contribution >= 4 is 40.6 Å². The summed E-state index contributed by atoms with van der Waals surface area (Å²) < 4.78 is 1.27. The average molecular weight is 282 g/mol. The van der Waals surface area contributed by atoms with Gasteiger partial charge in [0.15, 0.2) is 10.8 Å². The largest absolute Gasteiger partial charge is 0.476 e. The van der Waals surface area contributed by atoms with Crippen LogP contribution in [0.1, 0.15) is 10.5 Å². The van der Waals surface area contributed by atoms with Crippen LogP contribution in [-0.2, 0) is 0 Å². The van der Waals surface area contributed by atoms with Crippen LogP contribution < -0.4 is 5.32 Å². The number of carbonyl (C=O) groups is 1. The fourth-order valence-electron chi connectivity index (χ4n) is 1.29. The number of carboxylic acid groups (broad SMARTS) is 1. The number of hydrogen-bond donors (Lipinski definition) is 2. The number of thiocarbonyl (C=S) groups is 1. The van der Waals surface area contributed by atoms with Gasteiger partial charge in [-0.2, -0.15) is 5.10 Å². The average Bonchev–Trinajstić information content (AvgIpc) is 2.81. The van der Waals surface area contributed by atoms with Gasteiger partial charge in [-0.25, -0.2) is 9.48 Å². The van der Waals surface area contributed by atoms with Crippen LogP contribution in [0.2, 0.25) is 5.02 Å². The smallest absolute Gasteiger partial charge is 0.356 e. The third-order valence-electron chi connectivity index (χ3n) is 2.13. The minimum atomic E-state index is -1.10. The minimum absolute atomic E-state index is 0.0710. The number of nitrogens with zero attached hydrogens (tertiary/aromatic N) is 2. The van der Waals surface area contributed by atoms with Crippen molar-refractivity contribution in [3.63, 3.8) is 0 Å². The van der Waals surface area contributed by atoms with Gasteiger partial charge in [0.25, 0.3) is 0 Å². The van der Waals surface area contributed by atoms with Crippen molar-refractivity contribution in [2.75, 3.05) is 5.32 Å². The fraction of sp³-hybridized carbons (Fsp3) is 0. The van der Waals surface area contributed by atoms with Crippen molar-refractivity contribution in [3.05, 3.63) is 47.2 Å². The van der Waals surface area contributed by atoms with Crippen molar-refractivity contribution < 1.29 is 9.90 Å². The second-order valence-corrected chi connectivity index (χ2v) is 4.15. The Morgan fingerprint density at radius 2 is 2.11 bits per heavy atom. The predicted octanol–water partition coefficient (Wildman–Crippen LogP) is 2.48. The van der Waals surface area contributed by atoms with E-state index in [1.165, 1.54) is 16.9 Å². The van der Waals surface area contributed by atoms with Gasteiger partial charge >= 0.3 is 5.97 Å². The molecule has 5 nitrogen and oxygen atoms in total. The normalized spacial score (nSPS) is 10.1. The summed E-state index contributed by atoms with van der Waals surface area (Å²) in [5.41, 5.74) is 0.565. The van der Waals surface area contributed by atoms with Crippen LogP contribution in [0.25, 0.3) is 0 Å². The van der Waals surface area contributed by atoms with E-state index < -0.39 is 5.97 Å². The predicted molar refractivity (Wildman–Crippen MR) is 72.3 cm³/mol. The molecular formula is C11H8ClN3O2S. The summed E-state index contributed by atoms with van der Waals surface area (Å²) in [6, 6.07) is 8.45. The number of rotatable bonds is 2. The first-order chi connectivity index (χ1) is 8.58. The van der Waals surface area contributed by atoms with Gasteiger partial charge in [0, 0.05) is 6.20 Å². The van der Waals surface area contributed by atoms with E-state index in [9.17, 15) is 4.79 Å². The highest BCUT2D eigenvalue weighted by molar-refractivity contribution is 7.80. The van der Waals surface area contributed by atoms with Gasteiger partial charge in [-0.3, -0.25) is 0 Å². The van der Waals surface area contributed by atoms with Crippen molar-refractivity contribution in [1.29, 1.82) is 0 Å². The summed E-state index contributed by atoms with van der Waals surface area (Å²) in [5.74, 6) is -1.10. The first-order valence-corrected chi connectivity index (χ1v) is 5.71. The Bertz CT molecular complexity index is 612. The molecule has 0 bridgehead atoms. The van der Waals surface area contributed by atoms with Crippen molar-refractivity contribution in [2.24, 2.45) is 0 Å². The van der Waals surface area contributed by atoms with E-state index in [0.29, 0.717) is 10.7 Å². The molecule has 18 heavy (non-hydrogen) atoms. The standard InChI is InChI=1S/C11H8ClN3O2S/c12-7-3-1-2-4-8(7)13-11(18)15-6-5-9(14-15)10(16)17/h1-6H,(H,13,18)(H,16,17).